The molecule has 0 amide bonds. The Morgan fingerprint density at radius 1 is 1.58 bits per heavy atom. The largest absolute Gasteiger partial charge is 0.377 e. The van der Waals surface area contributed by atoms with Gasteiger partial charge in [-0.05, 0) is 13.3 Å². The van der Waals surface area contributed by atoms with Crippen molar-refractivity contribution in [2.45, 2.75) is 32.8 Å². The zero-order chi connectivity index (χ0) is 9.23. The Bertz CT molecular complexity index is 104. The lowest BCUT2D eigenvalue weighted by Crippen LogP contribution is -2.22. The fraction of sp³-hybridized carbons (Fsp3) is 0.800. The van der Waals surface area contributed by atoms with Crippen molar-refractivity contribution in [3.05, 3.63) is 12.7 Å². The molecule has 0 radical (unpaired) electrons. The van der Waals surface area contributed by atoms with Crippen LogP contribution in [0.1, 0.15) is 26.7 Å². The molecule has 72 valence electrons. The summed E-state index contributed by atoms with van der Waals surface area (Å²) in [6, 6.07) is 0. The molecule has 0 saturated heterocycles. The summed E-state index contributed by atoms with van der Waals surface area (Å²) < 4.78 is 5.53. The van der Waals surface area contributed by atoms with E-state index in [1.165, 1.54) is 6.42 Å². The van der Waals surface area contributed by atoms with Gasteiger partial charge < -0.3 is 10.1 Å². The van der Waals surface area contributed by atoms with Crippen LogP contribution in [0.15, 0.2) is 12.7 Å². The quantitative estimate of drug-likeness (QED) is 0.445. The third-order valence-corrected chi connectivity index (χ3v) is 1.67. The van der Waals surface area contributed by atoms with Crippen LogP contribution in [0.3, 0.4) is 0 Å². The first-order valence-corrected chi connectivity index (χ1v) is 4.74. The predicted molar refractivity (Wildman–Crippen MR) is 53.4 cm³/mol. The molecule has 0 aromatic carbocycles. The van der Waals surface area contributed by atoms with Gasteiger partial charge in [-0.25, -0.2) is 0 Å². The molecule has 1 unspecified atom stereocenters. The van der Waals surface area contributed by atoms with Crippen molar-refractivity contribution in [2.75, 3.05) is 19.7 Å². The van der Waals surface area contributed by atoms with E-state index in [2.05, 4.69) is 25.7 Å². The summed E-state index contributed by atoms with van der Waals surface area (Å²) in [6.07, 6.45) is 4.61. The molecule has 12 heavy (non-hydrogen) atoms. The molecule has 1 N–H and O–H groups in total. The number of ether oxygens (including phenoxy) is 1. The molecule has 0 aliphatic carbocycles. The second-order valence-corrected chi connectivity index (χ2v) is 2.96. The van der Waals surface area contributed by atoms with Crippen LogP contribution in [0.4, 0.5) is 0 Å². The number of nitrogens with one attached hydrogen (secondary N) is 1. The van der Waals surface area contributed by atoms with Crippen LogP contribution in [-0.4, -0.2) is 25.8 Å². The van der Waals surface area contributed by atoms with Crippen LogP contribution in [-0.2, 0) is 4.74 Å². The van der Waals surface area contributed by atoms with E-state index >= 15 is 0 Å². The summed E-state index contributed by atoms with van der Waals surface area (Å²) in [6.45, 7) is 10.5. The summed E-state index contributed by atoms with van der Waals surface area (Å²) in [4.78, 5) is 0. The summed E-state index contributed by atoms with van der Waals surface area (Å²) in [5.41, 5.74) is 0. The summed E-state index contributed by atoms with van der Waals surface area (Å²) in [5.74, 6) is 0. The highest BCUT2D eigenvalue weighted by Gasteiger charge is 1.98. The van der Waals surface area contributed by atoms with Gasteiger partial charge in [0.05, 0.1) is 12.7 Å². The Labute approximate surface area is 76.0 Å². The normalized spacial score (nSPS) is 12.8. The van der Waals surface area contributed by atoms with Gasteiger partial charge in [0.15, 0.2) is 0 Å². The summed E-state index contributed by atoms with van der Waals surface area (Å²) in [5, 5.41) is 3.19. The third kappa shape index (κ3) is 7.76. The van der Waals surface area contributed by atoms with Crippen molar-refractivity contribution in [1.29, 1.82) is 0 Å². The smallest absolute Gasteiger partial charge is 0.0594 e. The first-order chi connectivity index (χ1) is 5.81. The van der Waals surface area contributed by atoms with Crippen LogP contribution >= 0.6 is 0 Å². The van der Waals surface area contributed by atoms with Crippen molar-refractivity contribution in [3.63, 3.8) is 0 Å². The molecule has 0 aromatic heterocycles. The standard InChI is InChI=1S/C10H21NO/c1-4-6-10(3)12-9-8-11-7-5-2/h5,10-11H,2,4,6-9H2,1,3H3. The first-order valence-electron chi connectivity index (χ1n) is 4.74. The molecule has 2 heteroatoms. The highest BCUT2D eigenvalue weighted by Crippen LogP contribution is 1.99. The fourth-order valence-electron chi connectivity index (χ4n) is 1.03. The summed E-state index contributed by atoms with van der Waals surface area (Å²) >= 11 is 0. The Morgan fingerprint density at radius 2 is 2.33 bits per heavy atom. The Kier molecular flexibility index (Phi) is 8.51. The van der Waals surface area contributed by atoms with E-state index in [0.29, 0.717) is 6.10 Å². The maximum absolute atomic E-state index is 5.53. The molecule has 0 spiro atoms. The SMILES string of the molecule is C=CCNCCOC(C)CCC. The number of rotatable bonds is 8. The fourth-order valence-corrected chi connectivity index (χ4v) is 1.03. The molecule has 0 aromatic rings. The van der Waals surface area contributed by atoms with Gasteiger partial charge in [0.25, 0.3) is 0 Å². The molecular formula is C10H21NO. The van der Waals surface area contributed by atoms with Gasteiger partial charge in [0, 0.05) is 13.1 Å². The molecule has 0 saturated carbocycles. The van der Waals surface area contributed by atoms with Gasteiger partial charge in [0.1, 0.15) is 0 Å². The monoisotopic (exact) mass is 171 g/mol. The Balaban J connectivity index is 3.02. The average Bonchev–Trinajstić information content (AvgIpc) is 2.05. The van der Waals surface area contributed by atoms with Gasteiger partial charge >= 0.3 is 0 Å². The second-order valence-electron chi connectivity index (χ2n) is 2.96. The minimum absolute atomic E-state index is 0.403. The Morgan fingerprint density at radius 3 is 2.92 bits per heavy atom. The van der Waals surface area contributed by atoms with E-state index in [1.807, 2.05) is 6.08 Å². The molecular weight excluding hydrogens is 150 g/mol. The number of hydrogen-bond donors (Lipinski definition) is 1. The topological polar surface area (TPSA) is 21.3 Å². The molecule has 2 nitrogen and oxygen atoms in total. The average molecular weight is 171 g/mol. The van der Waals surface area contributed by atoms with Crippen molar-refractivity contribution in [3.8, 4) is 0 Å². The highest BCUT2D eigenvalue weighted by molar-refractivity contribution is 4.69. The van der Waals surface area contributed by atoms with E-state index in [-0.39, 0.29) is 0 Å². The predicted octanol–water partition coefficient (Wildman–Crippen LogP) is 1.97. The minimum Gasteiger partial charge on any atom is -0.377 e. The molecule has 0 aliphatic rings. The first kappa shape index (κ1) is 11.7. The lowest BCUT2D eigenvalue weighted by atomic mass is 10.2. The molecule has 1 atom stereocenters. The maximum atomic E-state index is 5.53. The van der Waals surface area contributed by atoms with Gasteiger partial charge in [-0.15, -0.1) is 6.58 Å². The maximum Gasteiger partial charge on any atom is 0.0594 e. The highest BCUT2D eigenvalue weighted by atomic mass is 16.5. The van der Waals surface area contributed by atoms with Gasteiger partial charge in [-0.3, -0.25) is 0 Å². The van der Waals surface area contributed by atoms with E-state index in [0.717, 1.165) is 26.1 Å². The van der Waals surface area contributed by atoms with Crippen molar-refractivity contribution >= 4 is 0 Å². The van der Waals surface area contributed by atoms with Crippen LogP contribution in [0.2, 0.25) is 0 Å². The van der Waals surface area contributed by atoms with Crippen molar-refractivity contribution < 1.29 is 4.74 Å². The molecule has 0 fully saturated rings. The van der Waals surface area contributed by atoms with Crippen molar-refractivity contribution in [2.24, 2.45) is 0 Å². The lowest BCUT2D eigenvalue weighted by Gasteiger charge is -2.11. The minimum atomic E-state index is 0.403. The lowest BCUT2D eigenvalue weighted by molar-refractivity contribution is 0.0622. The van der Waals surface area contributed by atoms with Crippen LogP contribution in [0, 0.1) is 0 Å². The zero-order valence-corrected chi connectivity index (χ0v) is 8.31. The number of hydrogen-bond acceptors (Lipinski definition) is 2. The second kappa shape index (κ2) is 8.75. The van der Waals surface area contributed by atoms with Gasteiger partial charge in [-0.1, -0.05) is 19.4 Å². The molecule has 0 heterocycles. The van der Waals surface area contributed by atoms with Gasteiger partial charge in [0.2, 0.25) is 0 Å². The van der Waals surface area contributed by atoms with E-state index < -0.39 is 0 Å². The van der Waals surface area contributed by atoms with Crippen LogP contribution < -0.4 is 5.32 Å². The Hall–Kier alpha value is -0.340. The van der Waals surface area contributed by atoms with E-state index in [1.54, 1.807) is 0 Å². The third-order valence-electron chi connectivity index (χ3n) is 1.67. The van der Waals surface area contributed by atoms with Gasteiger partial charge in [-0.2, -0.15) is 0 Å². The van der Waals surface area contributed by atoms with Crippen LogP contribution in [0.25, 0.3) is 0 Å². The molecule has 0 bridgehead atoms. The zero-order valence-electron chi connectivity index (χ0n) is 8.31. The van der Waals surface area contributed by atoms with E-state index in [4.69, 9.17) is 4.74 Å². The molecule has 0 aliphatic heterocycles. The van der Waals surface area contributed by atoms with Crippen LogP contribution in [0.5, 0.6) is 0 Å². The van der Waals surface area contributed by atoms with Crippen molar-refractivity contribution in [1.82, 2.24) is 5.32 Å². The summed E-state index contributed by atoms with van der Waals surface area (Å²) in [7, 11) is 0. The van der Waals surface area contributed by atoms with E-state index in [9.17, 15) is 0 Å². The molecule has 0 rings (SSSR count).